The number of carbonyl (C=O) groups is 1. The summed E-state index contributed by atoms with van der Waals surface area (Å²) >= 11 is 0. The van der Waals surface area contributed by atoms with Crippen molar-refractivity contribution in [2.24, 2.45) is 0 Å². The van der Waals surface area contributed by atoms with Gasteiger partial charge in [-0.2, -0.15) is 0 Å². The molecular formula is C21H23FN2O5. The Morgan fingerprint density at radius 3 is 2.52 bits per heavy atom. The topological polar surface area (TPSA) is 81.9 Å². The Morgan fingerprint density at radius 2 is 1.90 bits per heavy atom. The van der Waals surface area contributed by atoms with Crippen molar-refractivity contribution in [2.45, 2.75) is 32.8 Å². The molecule has 1 heterocycles. The largest absolute Gasteiger partial charge is 0.490 e. The summed E-state index contributed by atoms with van der Waals surface area (Å²) in [5.41, 5.74) is -0.480. The first-order chi connectivity index (χ1) is 13.9. The summed E-state index contributed by atoms with van der Waals surface area (Å²) in [6.45, 7) is 4.60. The zero-order valence-electron chi connectivity index (χ0n) is 16.4. The highest BCUT2D eigenvalue weighted by atomic mass is 19.1. The van der Waals surface area contributed by atoms with Gasteiger partial charge in [-0.25, -0.2) is 4.39 Å². The fourth-order valence-corrected chi connectivity index (χ4v) is 3.34. The highest BCUT2D eigenvalue weighted by Gasteiger charge is 2.27. The predicted octanol–water partition coefficient (Wildman–Crippen LogP) is 4.12. The van der Waals surface area contributed by atoms with E-state index in [4.69, 9.17) is 9.47 Å². The lowest BCUT2D eigenvalue weighted by atomic mass is 10.0. The fraction of sp³-hybridized carbons (Fsp3) is 0.381. The molecule has 0 N–H and O–H groups in total. The van der Waals surface area contributed by atoms with Gasteiger partial charge in [0, 0.05) is 37.6 Å². The monoisotopic (exact) mass is 402 g/mol. The van der Waals surface area contributed by atoms with Gasteiger partial charge in [0.25, 0.3) is 11.6 Å². The van der Waals surface area contributed by atoms with E-state index in [-0.39, 0.29) is 22.9 Å². The maximum atomic E-state index is 14.0. The molecule has 1 fully saturated rings. The van der Waals surface area contributed by atoms with Crippen LogP contribution in [0.4, 0.5) is 10.1 Å². The molecule has 0 radical (unpaired) electrons. The Hall–Kier alpha value is -3.16. The second kappa shape index (κ2) is 8.89. The van der Waals surface area contributed by atoms with Gasteiger partial charge in [-0.15, -0.1) is 0 Å². The molecule has 154 valence electrons. The van der Waals surface area contributed by atoms with E-state index in [1.165, 1.54) is 6.92 Å². The predicted molar refractivity (Wildman–Crippen MR) is 105 cm³/mol. The number of piperidine rings is 1. The molecule has 1 saturated heterocycles. The molecule has 2 aromatic rings. The minimum Gasteiger partial charge on any atom is -0.490 e. The van der Waals surface area contributed by atoms with Crippen LogP contribution >= 0.6 is 0 Å². The van der Waals surface area contributed by atoms with Crippen LogP contribution in [0.1, 0.15) is 35.7 Å². The van der Waals surface area contributed by atoms with E-state index in [0.29, 0.717) is 44.0 Å². The number of amides is 1. The van der Waals surface area contributed by atoms with Gasteiger partial charge in [0.1, 0.15) is 11.9 Å². The van der Waals surface area contributed by atoms with Gasteiger partial charge in [-0.05, 0) is 32.0 Å². The van der Waals surface area contributed by atoms with Crippen LogP contribution in [0.2, 0.25) is 0 Å². The first-order valence-electron chi connectivity index (χ1n) is 9.53. The fourth-order valence-electron chi connectivity index (χ4n) is 3.34. The van der Waals surface area contributed by atoms with Crippen molar-refractivity contribution in [3.8, 4) is 11.5 Å². The number of rotatable bonds is 6. The SMILES string of the molecule is CCOc1ccccc1OC1CCN(C(=O)c2cc(F)c(C)c([N+](=O)[O-])c2)CC1. The number of nitro groups is 1. The molecular weight excluding hydrogens is 379 g/mol. The number of hydrogen-bond donors (Lipinski definition) is 0. The van der Waals surface area contributed by atoms with Crippen LogP contribution in [0.3, 0.4) is 0 Å². The summed E-state index contributed by atoms with van der Waals surface area (Å²) in [6.07, 6.45) is 1.12. The zero-order chi connectivity index (χ0) is 21.0. The molecule has 0 atom stereocenters. The molecule has 29 heavy (non-hydrogen) atoms. The molecule has 0 unspecified atom stereocenters. The minimum absolute atomic E-state index is 0.0131. The number of para-hydroxylation sites is 2. The van der Waals surface area contributed by atoms with Crippen molar-refractivity contribution < 1.29 is 23.6 Å². The van der Waals surface area contributed by atoms with Gasteiger partial charge in [0.2, 0.25) is 0 Å². The standard InChI is InChI=1S/C21H23FN2O5/c1-3-28-19-6-4-5-7-20(19)29-16-8-10-23(11-9-16)21(25)15-12-17(22)14(2)18(13-15)24(26)27/h4-7,12-13,16H,3,8-11H2,1-2H3. The average molecular weight is 402 g/mol. The van der Waals surface area contributed by atoms with Crippen molar-refractivity contribution in [3.05, 3.63) is 63.5 Å². The Bertz CT molecular complexity index is 910. The van der Waals surface area contributed by atoms with Crippen molar-refractivity contribution in [1.29, 1.82) is 0 Å². The Labute approximate surface area is 168 Å². The number of carbonyl (C=O) groups excluding carboxylic acids is 1. The summed E-state index contributed by atoms with van der Waals surface area (Å²) in [5, 5.41) is 11.1. The molecule has 0 spiro atoms. The minimum atomic E-state index is -0.756. The number of benzene rings is 2. The summed E-state index contributed by atoms with van der Waals surface area (Å²) in [4.78, 5) is 24.7. The molecule has 0 aromatic heterocycles. The summed E-state index contributed by atoms with van der Waals surface area (Å²) in [7, 11) is 0. The third kappa shape index (κ3) is 4.64. The van der Waals surface area contributed by atoms with Crippen molar-refractivity contribution in [2.75, 3.05) is 19.7 Å². The van der Waals surface area contributed by atoms with Crippen LogP contribution in [-0.2, 0) is 0 Å². The third-order valence-corrected chi connectivity index (χ3v) is 4.93. The molecule has 7 nitrogen and oxygen atoms in total. The van der Waals surface area contributed by atoms with E-state index in [9.17, 15) is 19.3 Å². The van der Waals surface area contributed by atoms with Crippen molar-refractivity contribution in [1.82, 2.24) is 4.90 Å². The van der Waals surface area contributed by atoms with Crippen LogP contribution in [-0.4, -0.2) is 41.5 Å². The molecule has 3 rings (SSSR count). The molecule has 0 aliphatic carbocycles. The molecule has 2 aromatic carbocycles. The van der Waals surface area contributed by atoms with Crippen LogP contribution in [0.15, 0.2) is 36.4 Å². The maximum absolute atomic E-state index is 14.0. The van der Waals surface area contributed by atoms with Gasteiger partial charge >= 0.3 is 0 Å². The van der Waals surface area contributed by atoms with Gasteiger partial charge in [-0.1, -0.05) is 12.1 Å². The number of hydrogen-bond acceptors (Lipinski definition) is 5. The number of likely N-dealkylation sites (tertiary alicyclic amines) is 1. The quantitative estimate of drug-likeness (QED) is 0.536. The summed E-state index contributed by atoms with van der Waals surface area (Å²) in [5.74, 6) is 0.166. The smallest absolute Gasteiger partial charge is 0.276 e. The van der Waals surface area contributed by atoms with Crippen LogP contribution in [0.25, 0.3) is 0 Å². The maximum Gasteiger partial charge on any atom is 0.276 e. The molecule has 1 aliphatic rings. The zero-order valence-corrected chi connectivity index (χ0v) is 16.4. The number of nitrogens with zero attached hydrogens (tertiary/aromatic N) is 2. The highest BCUT2D eigenvalue weighted by molar-refractivity contribution is 5.95. The average Bonchev–Trinajstić information content (AvgIpc) is 2.71. The van der Waals surface area contributed by atoms with Gasteiger partial charge in [-0.3, -0.25) is 14.9 Å². The Morgan fingerprint density at radius 1 is 1.24 bits per heavy atom. The second-order valence-corrected chi connectivity index (χ2v) is 6.85. The van der Waals surface area contributed by atoms with E-state index in [2.05, 4.69) is 0 Å². The highest BCUT2D eigenvalue weighted by Crippen LogP contribution is 2.30. The van der Waals surface area contributed by atoms with E-state index < -0.39 is 16.6 Å². The van der Waals surface area contributed by atoms with Gasteiger partial charge < -0.3 is 14.4 Å². The third-order valence-electron chi connectivity index (χ3n) is 4.93. The van der Waals surface area contributed by atoms with E-state index in [1.54, 1.807) is 4.90 Å². The lowest BCUT2D eigenvalue weighted by Crippen LogP contribution is -2.41. The lowest BCUT2D eigenvalue weighted by molar-refractivity contribution is -0.385. The number of halogens is 1. The first kappa shape index (κ1) is 20.6. The van der Waals surface area contributed by atoms with E-state index >= 15 is 0 Å². The molecule has 1 aliphatic heterocycles. The number of nitro benzene ring substituents is 1. The van der Waals surface area contributed by atoms with E-state index in [1.807, 2.05) is 31.2 Å². The van der Waals surface area contributed by atoms with Crippen LogP contribution < -0.4 is 9.47 Å². The second-order valence-electron chi connectivity index (χ2n) is 6.85. The molecule has 0 bridgehead atoms. The molecule has 8 heteroatoms. The molecule has 0 saturated carbocycles. The van der Waals surface area contributed by atoms with Gasteiger partial charge in [0.15, 0.2) is 11.5 Å². The van der Waals surface area contributed by atoms with Crippen LogP contribution in [0.5, 0.6) is 11.5 Å². The Kier molecular flexibility index (Phi) is 6.31. The van der Waals surface area contributed by atoms with Crippen molar-refractivity contribution in [3.63, 3.8) is 0 Å². The Balaban J connectivity index is 1.65. The van der Waals surface area contributed by atoms with Gasteiger partial charge in [0.05, 0.1) is 17.1 Å². The first-order valence-corrected chi connectivity index (χ1v) is 9.53. The normalized spacial score (nSPS) is 14.5. The van der Waals surface area contributed by atoms with Crippen LogP contribution in [0, 0.1) is 22.9 Å². The summed E-state index contributed by atoms with van der Waals surface area (Å²) in [6, 6.07) is 9.63. The number of ether oxygens (including phenoxy) is 2. The van der Waals surface area contributed by atoms with Crippen molar-refractivity contribution >= 4 is 11.6 Å². The summed E-state index contributed by atoms with van der Waals surface area (Å²) < 4.78 is 25.6. The molecule has 1 amide bonds. The lowest BCUT2D eigenvalue weighted by Gasteiger charge is -2.32. The van der Waals surface area contributed by atoms with E-state index in [0.717, 1.165) is 12.1 Å².